The Labute approximate surface area is 108 Å². The van der Waals surface area contributed by atoms with E-state index in [1.807, 2.05) is 13.8 Å². The van der Waals surface area contributed by atoms with Crippen LogP contribution in [-0.4, -0.2) is 23.8 Å². The number of carbonyl (C=O) groups is 1. The molecule has 0 saturated carbocycles. The summed E-state index contributed by atoms with van der Waals surface area (Å²) in [5, 5.41) is 10.5. The Morgan fingerprint density at radius 1 is 1.56 bits per heavy atom. The van der Waals surface area contributed by atoms with E-state index in [9.17, 15) is 9.90 Å². The lowest BCUT2D eigenvalue weighted by atomic mass is 9.83. The number of aliphatic hydroxyl groups excluding tert-OH is 1. The van der Waals surface area contributed by atoms with Gasteiger partial charge >= 0.3 is 5.97 Å². The normalized spacial score (nSPS) is 29.7. The molecule has 0 radical (unpaired) electrons. The maximum atomic E-state index is 11.3. The largest absolute Gasteiger partial charge is 0.462 e. The summed E-state index contributed by atoms with van der Waals surface area (Å²) in [6.07, 6.45) is 1.31. The summed E-state index contributed by atoms with van der Waals surface area (Å²) >= 11 is 0. The molecule has 1 saturated heterocycles. The van der Waals surface area contributed by atoms with Crippen LogP contribution < -0.4 is 0 Å². The highest BCUT2D eigenvalue weighted by Crippen LogP contribution is 2.41. The second-order valence-electron chi connectivity index (χ2n) is 5.35. The third kappa shape index (κ3) is 2.03. The molecule has 18 heavy (non-hydrogen) atoms. The van der Waals surface area contributed by atoms with Gasteiger partial charge in [-0.2, -0.15) is 0 Å². The zero-order chi connectivity index (χ0) is 13.4. The monoisotopic (exact) mass is 248 g/mol. The molecule has 0 aromatic carbocycles. The molecule has 0 aromatic rings. The molecule has 2 aliphatic rings. The summed E-state index contributed by atoms with van der Waals surface area (Å²) in [5.74, 6) is -0.465. The molecule has 0 amide bonds. The average molecular weight is 248 g/mol. The highest BCUT2D eigenvalue weighted by atomic mass is 16.5. The summed E-state index contributed by atoms with van der Waals surface area (Å²) in [7, 11) is 0. The van der Waals surface area contributed by atoms with E-state index in [0.29, 0.717) is 5.57 Å². The smallest absolute Gasteiger partial charge is 0.333 e. The molecule has 3 heteroatoms. The molecule has 98 valence electrons. The van der Waals surface area contributed by atoms with Gasteiger partial charge in [0.1, 0.15) is 6.61 Å². The Hall–Kier alpha value is -1.35. The second kappa shape index (κ2) is 4.73. The number of carbonyl (C=O) groups excluding carboxylic acids is 1. The minimum Gasteiger partial charge on any atom is -0.462 e. The van der Waals surface area contributed by atoms with Gasteiger partial charge in [0.15, 0.2) is 0 Å². The summed E-state index contributed by atoms with van der Waals surface area (Å²) in [6.45, 7) is 12.0. The van der Waals surface area contributed by atoms with Gasteiger partial charge in [-0.1, -0.05) is 24.3 Å². The lowest BCUT2D eigenvalue weighted by molar-refractivity contribution is -0.135. The van der Waals surface area contributed by atoms with E-state index < -0.39 is 6.10 Å². The van der Waals surface area contributed by atoms with E-state index in [4.69, 9.17) is 4.74 Å². The van der Waals surface area contributed by atoms with Crippen molar-refractivity contribution >= 4 is 5.97 Å². The van der Waals surface area contributed by atoms with Crippen molar-refractivity contribution in [3.63, 3.8) is 0 Å². The molecular weight excluding hydrogens is 228 g/mol. The molecule has 0 unspecified atom stereocenters. The van der Waals surface area contributed by atoms with Crippen LogP contribution in [-0.2, 0) is 9.53 Å². The number of hydrogen-bond donors (Lipinski definition) is 1. The number of allylic oxidation sites excluding steroid dienone is 2. The van der Waals surface area contributed by atoms with Crippen molar-refractivity contribution in [1.82, 2.24) is 0 Å². The predicted molar refractivity (Wildman–Crippen MR) is 69.8 cm³/mol. The van der Waals surface area contributed by atoms with Gasteiger partial charge in [0.2, 0.25) is 0 Å². The molecule has 1 aliphatic carbocycles. The Balaban J connectivity index is 2.25. The number of cyclic esters (lactones) is 1. The van der Waals surface area contributed by atoms with Crippen molar-refractivity contribution in [2.45, 2.75) is 32.8 Å². The van der Waals surface area contributed by atoms with Crippen LogP contribution in [0.1, 0.15) is 26.7 Å². The maximum absolute atomic E-state index is 11.3. The van der Waals surface area contributed by atoms with Gasteiger partial charge in [0.25, 0.3) is 0 Å². The Kier molecular flexibility index (Phi) is 3.44. The van der Waals surface area contributed by atoms with Crippen molar-refractivity contribution in [1.29, 1.82) is 0 Å². The molecule has 0 spiro atoms. The molecule has 1 N–H and O–H groups in total. The Morgan fingerprint density at radius 2 is 2.22 bits per heavy atom. The summed E-state index contributed by atoms with van der Waals surface area (Å²) in [5.41, 5.74) is 3.68. The SMILES string of the molecule is C=C(C)[C@H]1CCC(C)=C1[C@@H](O)[C@H]1COC(=O)C1=C. The molecule has 3 atom stereocenters. The number of esters is 1. The molecule has 0 aromatic heterocycles. The fourth-order valence-electron chi connectivity index (χ4n) is 2.94. The van der Waals surface area contributed by atoms with Crippen LogP contribution in [0.25, 0.3) is 0 Å². The summed E-state index contributed by atoms with van der Waals surface area (Å²) in [6, 6.07) is 0. The summed E-state index contributed by atoms with van der Waals surface area (Å²) in [4.78, 5) is 11.3. The van der Waals surface area contributed by atoms with Crippen LogP contribution in [0.3, 0.4) is 0 Å². The van der Waals surface area contributed by atoms with E-state index in [1.54, 1.807) is 0 Å². The molecule has 2 rings (SSSR count). The van der Waals surface area contributed by atoms with Crippen LogP contribution in [0.15, 0.2) is 35.5 Å². The quantitative estimate of drug-likeness (QED) is 0.474. The molecule has 0 bridgehead atoms. The highest BCUT2D eigenvalue weighted by molar-refractivity contribution is 5.90. The Bertz CT molecular complexity index is 445. The standard InChI is InChI=1S/C15H20O3/c1-8(2)11-6-5-9(3)13(11)14(16)12-7-18-15(17)10(12)4/h11-12,14,16H,1,4-7H2,2-3H3/t11-,12+,14+/m1/s1. The number of rotatable bonds is 3. The van der Waals surface area contributed by atoms with Crippen LogP contribution in [0.4, 0.5) is 0 Å². The zero-order valence-electron chi connectivity index (χ0n) is 11.0. The van der Waals surface area contributed by atoms with Gasteiger partial charge in [-0.05, 0) is 32.3 Å². The van der Waals surface area contributed by atoms with Crippen molar-refractivity contribution < 1.29 is 14.6 Å². The Morgan fingerprint density at radius 3 is 2.72 bits per heavy atom. The van der Waals surface area contributed by atoms with Gasteiger partial charge in [0.05, 0.1) is 12.0 Å². The van der Waals surface area contributed by atoms with Gasteiger partial charge in [-0.25, -0.2) is 4.79 Å². The first-order chi connectivity index (χ1) is 8.43. The fraction of sp³-hybridized carbons (Fsp3) is 0.533. The minimum atomic E-state index is -0.673. The van der Waals surface area contributed by atoms with Crippen molar-refractivity contribution in [3.05, 3.63) is 35.5 Å². The van der Waals surface area contributed by atoms with Crippen LogP contribution in [0.2, 0.25) is 0 Å². The van der Waals surface area contributed by atoms with Gasteiger partial charge in [0, 0.05) is 11.5 Å². The molecular formula is C15H20O3. The van der Waals surface area contributed by atoms with Crippen molar-refractivity contribution in [2.75, 3.05) is 6.61 Å². The van der Waals surface area contributed by atoms with Gasteiger partial charge < -0.3 is 9.84 Å². The van der Waals surface area contributed by atoms with Crippen molar-refractivity contribution in [3.8, 4) is 0 Å². The zero-order valence-corrected chi connectivity index (χ0v) is 11.0. The first kappa shape index (κ1) is 13.1. The van der Waals surface area contributed by atoms with E-state index in [-0.39, 0.29) is 24.4 Å². The predicted octanol–water partition coefficient (Wildman–Crippen LogP) is 2.38. The maximum Gasteiger partial charge on any atom is 0.333 e. The first-order valence-electron chi connectivity index (χ1n) is 6.32. The fourth-order valence-corrected chi connectivity index (χ4v) is 2.94. The summed E-state index contributed by atoms with van der Waals surface area (Å²) < 4.78 is 4.95. The van der Waals surface area contributed by atoms with Crippen LogP contribution in [0, 0.1) is 11.8 Å². The van der Waals surface area contributed by atoms with Crippen LogP contribution >= 0.6 is 0 Å². The highest BCUT2D eigenvalue weighted by Gasteiger charge is 2.39. The number of aliphatic hydroxyl groups is 1. The number of ether oxygens (including phenoxy) is 1. The molecule has 1 fully saturated rings. The topological polar surface area (TPSA) is 46.5 Å². The number of hydrogen-bond acceptors (Lipinski definition) is 3. The first-order valence-corrected chi connectivity index (χ1v) is 6.32. The molecule has 1 heterocycles. The van der Waals surface area contributed by atoms with Gasteiger partial charge in [-0.15, -0.1) is 0 Å². The lowest BCUT2D eigenvalue weighted by Crippen LogP contribution is -2.27. The minimum absolute atomic E-state index is 0.225. The third-order valence-electron chi connectivity index (χ3n) is 4.07. The van der Waals surface area contributed by atoms with E-state index in [0.717, 1.165) is 24.0 Å². The molecule has 1 aliphatic heterocycles. The van der Waals surface area contributed by atoms with Gasteiger partial charge in [-0.3, -0.25) is 0 Å². The second-order valence-corrected chi connectivity index (χ2v) is 5.35. The van der Waals surface area contributed by atoms with E-state index in [2.05, 4.69) is 13.2 Å². The van der Waals surface area contributed by atoms with E-state index >= 15 is 0 Å². The molecule has 3 nitrogen and oxygen atoms in total. The third-order valence-corrected chi connectivity index (χ3v) is 4.07. The van der Waals surface area contributed by atoms with Crippen molar-refractivity contribution in [2.24, 2.45) is 11.8 Å². The van der Waals surface area contributed by atoms with Crippen LogP contribution in [0.5, 0.6) is 0 Å². The average Bonchev–Trinajstić information content (AvgIpc) is 2.84. The van der Waals surface area contributed by atoms with E-state index in [1.165, 1.54) is 5.57 Å². The lowest BCUT2D eigenvalue weighted by Gasteiger charge is -2.24.